The van der Waals surface area contributed by atoms with Crippen molar-refractivity contribution in [3.05, 3.63) is 53.5 Å². The number of hydrogen-bond acceptors (Lipinski definition) is 4. The van der Waals surface area contributed by atoms with Crippen LogP contribution in [0.15, 0.2) is 41.0 Å². The first-order valence-corrected chi connectivity index (χ1v) is 7.20. The highest BCUT2D eigenvalue weighted by atomic mass is 16.3. The van der Waals surface area contributed by atoms with E-state index in [0.29, 0.717) is 18.2 Å². The molecule has 1 aromatic heterocycles. The molecule has 1 unspecified atom stereocenters. The summed E-state index contributed by atoms with van der Waals surface area (Å²) in [4.78, 5) is 2.24. The molecule has 0 spiro atoms. The highest BCUT2D eigenvalue weighted by Crippen LogP contribution is 2.37. The third kappa shape index (κ3) is 2.93. The van der Waals surface area contributed by atoms with Crippen molar-refractivity contribution in [2.75, 3.05) is 4.90 Å². The summed E-state index contributed by atoms with van der Waals surface area (Å²) >= 11 is 0. The maximum atomic E-state index is 10.0. The minimum atomic E-state index is -0.564. The molecule has 1 aliphatic rings. The number of furan rings is 1. The third-order valence-electron chi connectivity index (χ3n) is 3.81. The summed E-state index contributed by atoms with van der Waals surface area (Å²) in [5, 5.41) is 19.1. The van der Waals surface area contributed by atoms with E-state index >= 15 is 0 Å². The summed E-state index contributed by atoms with van der Waals surface area (Å²) in [5.74, 6) is 0.890. The lowest BCUT2D eigenvalue weighted by molar-refractivity contribution is 0.199. The van der Waals surface area contributed by atoms with Crippen LogP contribution in [0.5, 0.6) is 0 Å². The van der Waals surface area contributed by atoms with Gasteiger partial charge in [-0.1, -0.05) is 6.07 Å². The Morgan fingerprint density at radius 1 is 1.43 bits per heavy atom. The van der Waals surface area contributed by atoms with Gasteiger partial charge >= 0.3 is 0 Å². The van der Waals surface area contributed by atoms with Gasteiger partial charge in [-0.05, 0) is 44.0 Å². The van der Waals surface area contributed by atoms with Gasteiger partial charge in [0.15, 0.2) is 0 Å². The van der Waals surface area contributed by atoms with E-state index in [0.717, 1.165) is 29.9 Å². The van der Waals surface area contributed by atoms with Crippen LogP contribution in [0.1, 0.15) is 42.8 Å². The van der Waals surface area contributed by atoms with Crippen LogP contribution < -0.4 is 4.90 Å². The molecule has 0 amide bonds. The Morgan fingerprint density at radius 3 is 2.81 bits per heavy atom. The average Bonchev–Trinajstić information content (AvgIpc) is 3.20. The van der Waals surface area contributed by atoms with E-state index in [2.05, 4.69) is 11.0 Å². The van der Waals surface area contributed by atoms with E-state index in [9.17, 15) is 5.11 Å². The zero-order chi connectivity index (χ0) is 14.8. The second-order valence-corrected chi connectivity index (χ2v) is 5.50. The molecule has 4 heteroatoms. The van der Waals surface area contributed by atoms with E-state index in [1.807, 2.05) is 24.3 Å². The number of hydrogen-bond donors (Lipinski definition) is 1. The molecule has 3 rings (SSSR count). The molecule has 0 aliphatic heterocycles. The van der Waals surface area contributed by atoms with Crippen LogP contribution in [0.3, 0.4) is 0 Å². The van der Waals surface area contributed by atoms with Gasteiger partial charge in [-0.2, -0.15) is 5.26 Å². The summed E-state index contributed by atoms with van der Waals surface area (Å²) in [7, 11) is 0. The quantitative estimate of drug-likeness (QED) is 0.913. The van der Waals surface area contributed by atoms with Crippen molar-refractivity contribution in [3.63, 3.8) is 0 Å². The molecule has 1 N–H and O–H groups in total. The van der Waals surface area contributed by atoms with Gasteiger partial charge in [-0.15, -0.1) is 0 Å². The summed E-state index contributed by atoms with van der Waals surface area (Å²) in [6.45, 7) is 2.41. The molecule has 4 nitrogen and oxygen atoms in total. The summed E-state index contributed by atoms with van der Waals surface area (Å²) in [6, 6.07) is 11.9. The first kappa shape index (κ1) is 13.7. The molecule has 1 aromatic carbocycles. The predicted molar refractivity (Wildman–Crippen MR) is 79.7 cm³/mol. The van der Waals surface area contributed by atoms with Crippen LogP contribution in [0.2, 0.25) is 0 Å². The lowest BCUT2D eigenvalue weighted by Crippen LogP contribution is -2.26. The minimum absolute atomic E-state index is 0.460. The SMILES string of the molecule is CC(O)c1ccc(C#N)cc1N(Cc1ccco1)C1CC1. The standard InChI is InChI=1S/C17H18N2O2/c1-12(20)16-7-4-13(10-18)9-17(16)19(14-5-6-14)11-15-3-2-8-21-15/h2-4,7-9,12,14,20H,5-6,11H2,1H3. The van der Waals surface area contributed by atoms with Crippen molar-refractivity contribution in [1.82, 2.24) is 0 Å². The van der Waals surface area contributed by atoms with Gasteiger partial charge in [0.2, 0.25) is 0 Å². The topological polar surface area (TPSA) is 60.4 Å². The Morgan fingerprint density at radius 2 is 2.24 bits per heavy atom. The zero-order valence-corrected chi connectivity index (χ0v) is 12.0. The van der Waals surface area contributed by atoms with E-state index in [4.69, 9.17) is 9.68 Å². The zero-order valence-electron chi connectivity index (χ0n) is 12.0. The molecule has 1 saturated carbocycles. The molecule has 0 radical (unpaired) electrons. The van der Waals surface area contributed by atoms with Crippen LogP contribution in [-0.2, 0) is 6.54 Å². The lowest BCUT2D eigenvalue weighted by atomic mass is 10.0. The van der Waals surface area contributed by atoms with Gasteiger partial charge in [0.25, 0.3) is 0 Å². The van der Waals surface area contributed by atoms with Crippen molar-refractivity contribution in [3.8, 4) is 6.07 Å². The average molecular weight is 282 g/mol. The Bertz CT molecular complexity index is 652. The van der Waals surface area contributed by atoms with Gasteiger partial charge in [0, 0.05) is 17.3 Å². The van der Waals surface area contributed by atoms with Crippen molar-refractivity contribution in [2.45, 2.75) is 38.5 Å². The fraction of sp³-hybridized carbons (Fsp3) is 0.353. The van der Waals surface area contributed by atoms with Crippen molar-refractivity contribution >= 4 is 5.69 Å². The van der Waals surface area contributed by atoms with Crippen LogP contribution >= 0.6 is 0 Å². The van der Waals surface area contributed by atoms with Gasteiger partial charge in [-0.25, -0.2) is 0 Å². The van der Waals surface area contributed by atoms with E-state index in [-0.39, 0.29) is 0 Å². The van der Waals surface area contributed by atoms with Crippen LogP contribution in [0.4, 0.5) is 5.69 Å². The number of aliphatic hydroxyl groups is 1. The molecule has 1 heterocycles. The van der Waals surface area contributed by atoms with Crippen LogP contribution in [-0.4, -0.2) is 11.1 Å². The van der Waals surface area contributed by atoms with Crippen LogP contribution in [0, 0.1) is 11.3 Å². The highest BCUT2D eigenvalue weighted by Gasteiger charge is 2.31. The van der Waals surface area contributed by atoms with E-state index < -0.39 is 6.10 Å². The minimum Gasteiger partial charge on any atom is -0.467 e. The highest BCUT2D eigenvalue weighted by molar-refractivity contribution is 5.60. The number of benzene rings is 1. The van der Waals surface area contributed by atoms with E-state index in [1.54, 1.807) is 19.3 Å². The fourth-order valence-corrected chi connectivity index (χ4v) is 2.58. The van der Waals surface area contributed by atoms with Gasteiger partial charge < -0.3 is 14.4 Å². The molecule has 0 saturated heterocycles. The molecule has 108 valence electrons. The number of aliphatic hydroxyl groups excluding tert-OH is 1. The van der Waals surface area contributed by atoms with E-state index in [1.165, 1.54) is 0 Å². The first-order valence-electron chi connectivity index (χ1n) is 7.20. The van der Waals surface area contributed by atoms with Crippen molar-refractivity contribution < 1.29 is 9.52 Å². The molecule has 2 aromatic rings. The van der Waals surface area contributed by atoms with Crippen molar-refractivity contribution in [2.24, 2.45) is 0 Å². The second-order valence-electron chi connectivity index (χ2n) is 5.50. The third-order valence-corrected chi connectivity index (χ3v) is 3.81. The number of nitrogens with zero attached hydrogens (tertiary/aromatic N) is 2. The van der Waals surface area contributed by atoms with Gasteiger partial charge in [0.05, 0.1) is 30.5 Å². The molecule has 1 aliphatic carbocycles. The molecular weight excluding hydrogens is 264 g/mol. The maximum absolute atomic E-state index is 10.0. The summed E-state index contributed by atoms with van der Waals surface area (Å²) in [5.41, 5.74) is 2.40. The molecule has 1 atom stereocenters. The van der Waals surface area contributed by atoms with Gasteiger partial charge in [-0.3, -0.25) is 0 Å². The Labute approximate surface area is 124 Å². The lowest BCUT2D eigenvalue weighted by Gasteiger charge is -2.27. The smallest absolute Gasteiger partial charge is 0.123 e. The summed E-state index contributed by atoms with van der Waals surface area (Å²) < 4.78 is 5.45. The monoisotopic (exact) mass is 282 g/mol. The number of rotatable bonds is 5. The normalized spacial score (nSPS) is 15.5. The fourth-order valence-electron chi connectivity index (χ4n) is 2.58. The molecule has 1 fully saturated rings. The Balaban J connectivity index is 1.99. The molecule has 0 bridgehead atoms. The number of nitriles is 1. The predicted octanol–water partition coefficient (Wildman–Crippen LogP) is 3.37. The Kier molecular flexibility index (Phi) is 3.68. The maximum Gasteiger partial charge on any atom is 0.123 e. The number of anilines is 1. The largest absolute Gasteiger partial charge is 0.467 e. The summed E-state index contributed by atoms with van der Waals surface area (Å²) in [6.07, 6.45) is 3.38. The van der Waals surface area contributed by atoms with Crippen LogP contribution in [0.25, 0.3) is 0 Å². The second kappa shape index (κ2) is 5.63. The Hall–Kier alpha value is -2.25. The molecular formula is C17H18N2O2. The molecule has 21 heavy (non-hydrogen) atoms. The first-order chi connectivity index (χ1) is 10.2. The van der Waals surface area contributed by atoms with Gasteiger partial charge in [0.1, 0.15) is 5.76 Å². The van der Waals surface area contributed by atoms with Crippen molar-refractivity contribution in [1.29, 1.82) is 5.26 Å².